The Morgan fingerprint density at radius 3 is 2.73 bits per heavy atom. The highest BCUT2D eigenvalue weighted by atomic mass is 32.2. The molecule has 0 aliphatic rings. The van der Waals surface area contributed by atoms with Crippen LogP contribution in [0, 0.1) is 5.41 Å². The molecule has 0 saturated carbocycles. The number of hydrogen-bond donors (Lipinski definition) is 3. The molecule has 15 heavy (non-hydrogen) atoms. The van der Waals surface area contributed by atoms with E-state index in [1.54, 1.807) is 0 Å². The van der Waals surface area contributed by atoms with E-state index in [2.05, 4.69) is 25.1 Å². The fourth-order valence-corrected chi connectivity index (χ4v) is 1.46. The Bertz CT molecular complexity index is 449. The highest BCUT2D eigenvalue weighted by Gasteiger charge is 2.03. The van der Waals surface area contributed by atoms with Gasteiger partial charge in [-0.05, 0) is 11.8 Å². The van der Waals surface area contributed by atoms with Gasteiger partial charge in [-0.1, -0.05) is 0 Å². The van der Waals surface area contributed by atoms with E-state index < -0.39 is 0 Å². The Morgan fingerprint density at radius 2 is 2.20 bits per heavy atom. The molecule has 0 bridgehead atoms. The largest absolute Gasteiger partial charge is 0.382 e. The second-order valence-electron chi connectivity index (χ2n) is 2.55. The van der Waals surface area contributed by atoms with Crippen molar-refractivity contribution in [2.24, 2.45) is 5.73 Å². The minimum atomic E-state index is -0.0984. The van der Waals surface area contributed by atoms with E-state index in [0.717, 1.165) is 0 Å². The Balaban J connectivity index is 2.14. The van der Waals surface area contributed by atoms with Crippen LogP contribution in [-0.2, 0) is 0 Å². The summed E-state index contributed by atoms with van der Waals surface area (Å²) in [6.07, 6.45) is 4.39. The van der Waals surface area contributed by atoms with Crippen molar-refractivity contribution in [1.29, 1.82) is 5.41 Å². The number of H-pyrrole nitrogens is 1. The molecular weight excluding hydrogens is 214 g/mol. The van der Waals surface area contributed by atoms with Crippen LogP contribution < -0.4 is 5.73 Å². The van der Waals surface area contributed by atoms with E-state index in [0.29, 0.717) is 15.9 Å². The summed E-state index contributed by atoms with van der Waals surface area (Å²) in [6.45, 7) is 0. The van der Waals surface area contributed by atoms with Crippen molar-refractivity contribution < 1.29 is 0 Å². The molecule has 0 amide bonds. The third-order valence-electron chi connectivity index (χ3n) is 1.50. The molecule has 0 atom stereocenters. The monoisotopic (exact) mass is 221 g/mol. The number of nitrogens with one attached hydrogen (secondary N) is 2. The van der Waals surface area contributed by atoms with Gasteiger partial charge in [0, 0.05) is 0 Å². The van der Waals surface area contributed by atoms with Gasteiger partial charge in [0.25, 0.3) is 0 Å². The number of hydrogen-bond acceptors (Lipinski definition) is 6. The van der Waals surface area contributed by atoms with Crippen molar-refractivity contribution in [3.8, 4) is 0 Å². The van der Waals surface area contributed by atoms with Crippen molar-refractivity contribution in [2.75, 3.05) is 0 Å². The van der Waals surface area contributed by atoms with Crippen molar-refractivity contribution in [1.82, 2.24) is 25.1 Å². The Kier molecular flexibility index (Phi) is 2.59. The second-order valence-corrected chi connectivity index (χ2v) is 3.56. The van der Waals surface area contributed by atoms with Gasteiger partial charge in [0.2, 0.25) is 0 Å². The first-order valence-corrected chi connectivity index (χ1v) is 4.77. The first kappa shape index (κ1) is 9.59. The van der Waals surface area contributed by atoms with Crippen LogP contribution in [0.2, 0.25) is 0 Å². The molecule has 0 unspecified atom stereocenters. The highest BCUT2D eigenvalue weighted by Crippen LogP contribution is 2.20. The Morgan fingerprint density at radius 1 is 1.33 bits per heavy atom. The summed E-state index contributed by atoms with van der Waals surface area (Å²) < 4.78 is 0. The molecule has 0 fully saturated rings. The van der Waals surface area contributed by atoms with Crippen molar-refractivity contribution in [2.45, 2.75) is 10.2 Å². The maximum atomic E-state index is 7.14. The van der Waals surface area contributed by atoms with Gasteiger partial charge in [-0.15, -0.1) is 0 Å². The molecule has 7 nitrogen and oxygen atoms in total. The van der Waals surface area contributed by atoms with Gasteiger partial charge in [0.1, 0.15) is 22.9 Å². The fourth-order valence-electron chi connectivity index (χ4n) is 0.850. The summed E-state index contributed by atoms with van der Waals surface area (Å²) in [6, 6.07) is 0. The zero-order chi connectivity index (χ0) is 10.7. The van der Waals surface area contributed by atoms with Gasteiger partial charge in [-0.2, -0.15) is 5.10 Å². The molecule has 0 saturated heterocycles. The number of amidine groups is 1. The van der Waals surface area contributed by atoms with E-state index in [1.807, 2.05) is 0 Å². The van der Waals surface area contributed by atoms with Crippen LogP contribution in [0.25, 0.3) is 0 Å². The average molecular weight is 221 g/mol. The minimum Gasteiger partial charge on any atom is -0.382 e. The molecule has 0 aromatic carbocycles. The number of aromatic amines is 1. The van der Waals surface area contributed by atoms with E-state index in [-0.39, 0.29) is 5.84 Å². The quantitative estimate of drug-likeness (QED) is 0.497. The van der Waals surface area contributed by atoms with Gasteiger partial charge in [0.15, 0.2) is 5.16 Å². The number of nitrogen functional groups attached to an aromatic ring is 1. The van der Waals surface area contributed by atoms with Crippen LogP contribution in [-0.4, -0.2) is 31.0 Å². The van der Waals surface area contributed by atoms with Crippen LogP contribution in [0.5, 0.6) is 0 Å². The molecule has 76 valence electrons. The summed E-state index contributed by atoms with van der Waals surface area (Å²) in [5, 5.41) is 14.8. The first-order chi connectivity index (χ1) is 7.25. The molecule has 8 heteroatoms. The summed E-state index contributed by atoms with van der Waals surface area (Å²) in [7, 11) is 0. The third kappa shape index (κ3) is 2.29. The van der Waals surface area contributed by atoms with Crippen LogP contribution in [0.15, 0.2) is 28.9 Å². The predicted octanol–water partition coefficient (Wildman–Crippen LogP) is 0.0300. The molecule has 0 spiro atoms. The van der Waals surface area contributed by atoms with Crippen LogP contribution in [0.3, 0.4) is 0 Å². The highest BCUT2D eigenvalue weighted by molar-refractivity contribution is 7.99. The SMILES string of the molecule is N=C(N)c1cnc(Sc2ncn[nH]2)cn1. The number of aromatic nitrogens is 5. The maximum Gasteiger partial charge on any atom is 0.189 e. The van der Waals surface area contributed by atoms with Gasteiger partial charge in [0.05, 0.1) is 12.4 Å². The molecular formula is C7H7N7S. The van der Waals surface area contributed by atoms with Crippen molar-refractivity contribution in [3.05, 3.63) is 24.4 Å². The van der Waals surface area contributed by atoms with Gasteiger partial charge >= 0.3 is 0 Å². The summed E-state index contributed by atoms with van der Waals surface area (Å²) in [4.78, 5) is 12.0. The summed E-state index contributed by atoms with van der Waals surface area (Å²) in [5.74, 6) is -0.0984. The molecule has 4 N–H and O–H groups in total. The maximum absolute atomic E-state index is 7.14. The third-order valence-corrected chi connectivity index (χ3v) is 2.31. The van der Waals surface area contributed by atoms with Crippen LogP contribution >= 0.6 is 11.8 Å². The van der Waals surface area contributed by atoms with Crippen molar-refractivity contribution in [3.63, 3.8) is 0 Å². The lowest BCUT2D eigenvalue weighted by Gasteiger charge is -1.98. The van der Waals surface area contributed by atoms with Gasteiger partial charge in [-0.25, -0.2) is 15.0 Å². The predicted molar refractivity (Wildman–Crippen MR) is 53.6 cm³/mol. The van der Waals surface area contributed by atoms with Crippen molar-refractivity contribution >= 4 is 17.6 Å². The molecule has 0 radical (unpaired) electrons. The molecule has 2 aromatic rings. The minimum absolute atomic E-state index is 0.0984. The fraction of sp³-hybridized carbons (Fsp3) is 0. The zero-order valence-electron chi connectivity index (χ0n) is 7.51. The average Bonchev–Trinajstić information content (AvgIpc) is 2.71. The standard InChI is InChI=1S/C7H7N7S/c8-6(9)4-1-11-5(2-10-4)15-7-12-3-13-14-7/h1-3H,(H3,8,9)(H,12,13,14). The number of rotatable bonds is 3. The molecule has 2 aromatic heterocycles. The van der Waals surface area contributed by atoms with E-state index in [1.165, 1.54) is 30.5 Å². The van der Waals surface area contributed by atoms with Gasteiger partial charge < -0.3 is 5.73 Å². The van der Waals surface area contributed by atoms with Gasteiger partial charge in [-0.3, -0.25) is 10.5 Å². The Hall–Kier alpha value is -1.96. The summed E-state index contributed by atoms with van der Waals surface area (Å²) in [5.41, 5.74) is 5.60. The number of nitrogens with zero attached hydrogens (tertiary/aromatic N) is 4. The smallest absolute Gasteiger partial charge is 0.189 e. The van der Waals surface area contributed by atoms with E-state index >= 15 is 0 Å². The number of nitrogens with two attached hydrogens (primary N) is 1. The normalized spacial score (nSPS) is 10.1. The lowest BCUT2D eigenvalue weighted by atomic mass is 10.4. The van der Waals surface area contributed by atoms with E-state index in [4.69, 9.17) is 11.1 Å². The lowest BCUT2D eigenvalue weighted by molar-refractivity contribution is 0.961. The van der Waals surface area contributed by atoms with Crippen LogP contribution in [0.1, 0.15) is 5.69 Å². The molecule has 0 aliphatic carbocycles. The molecule has 2 rings (SSSR count). The summed E-state index contributed by atoms with van der Waals surface area (Å²) >= 11 is 1.30. The van der Waals surface area contributed by atoms with E-state index in [9.17, 15) is 0 Å². The molecule has 2 heterocycles. The lowest BCUT2D eigenvalue weighted by Crippen LogP contribution is -2.13. The Labute approximate surface area is 89.1 Å². The topological polar surface area (TPSA) is 117 Å². The zero-order valence-corrected chi connectivity index (χ0v) is 8.32. The van der Waals surface area contributed by atoms with Crippen LogP contribution in [0.4, 0.5) is 0 Å². The molecule has 0 aliphatic heterocycles. The first-order valence-electron chi connectivity index (χ1n) is 3.95. The second kappa shape index (κ2) is 4.05.